The summed E-state index contributed by atoms with van der Waals surface area (Å²) in [6, 6.07) is 21.8. The van der Waals surface area contributed by atoms with Crippen LogP contribution in [0.5, 0.6) is 0 Å². The van der Waals surface area contributed by atoms with Gasteiger partial charge in [0, 0.05) is 39.4 Å². The number of carbonyl (C=O) groups excluding carboxylic acids is 2. The zero-order valence-corrected chi connectivity index (χ0v) is 21.8. The van der Waals surface area contributed by atoms with Crippen LogP contribution in [0.25, 0.3) is 10.8 Å². The Hall–Kier alpha value is -3.19. The Morgan fingerprint density at radius 3 is 2.19 bits per heavy atom. The molecule has 0 aromatic heterocycles. The van der Waals surface area contributed by atoms with Crippen LogP contribution in [-0.4, -0.2) is 20.0 Å². The van der Waals surface area contributed by atoms with E-state index >= 15 is 0 Å². The molecular weight excluding hydrogens is 517 g/mol. The first-order chi connectivity index (χ1) is 17.2. The van der Waals surface area contributed by atoms with E-state index in [2.05, 4.69) is 4.72 Å². The molecular formula is C28H23Cl2NO4S. The number of Topliss-reactive ketones (excluding diaryl/α,β-unsaturated/α-hetero) is 2. The molecule has 0 aliphatic heterocycles. The van der Waals surface area contributed by atoms with Crippen molar-refractivity contribution in [3.63, 3.8) is 0 Å². The third-order valence-corrected chi connectivity index (χ3v) is 7.61. The first-order valence-corrected chi connectivity index (χ1v) is 13.6. The van der Waals surface area contributed by atoms with E-state index < -0.39 is 10.0 Å². The fourth-order valence-corrected chi connectivity index (χ4v) is 5.83. The molecule has 5 nitrogen and oxygen atoms in total. The van der Waals surface area contributed by atoms with Gasteiger partial charge >= 0.3 is 0 Å². The van der Waals surface area contributed by atoms with Gasteiger partial charge in [-0.15, -0.1) is 0 Å². The molecule has 0 saturated carbocycles. The molecule has 0 radical (unpaired) electrons. The fraction of sp³-hybridized carbons (Fsp3) is 0.143. The van der Waals surface area contributed by atoms with Crippen LogP contribution in [0.15, 0.2) is 83.8 Å². The normalized spacial score (nSPS) is 11.4. The Morgan fingerprint density at radius 2 is 1.47 bits per heavy atom. The maximum Gasteiger partial charge on any atom is 0.262 e. The maximum atomic E-state index is 13.2. The van der Waals surface area contributed by atoms with Gasteiger partial charge in [0.1, 0.15) is 0 Å². The Kier molecular flexibility index (Phi) is 7.79. The van der Waals surface area contributed by atoms with Crippen LogP contribution in [0.1, 0.15) is 46.0 Å². The van der Waals surface area contributed by atoms with Crippen LogP contribution in [0.3, 0.4) is 0 Å². The maximum absolute atomic E-state index is 13.2. The second-order valence-corrected chi connectivity index (χ2v) is 10.9. The summed E-state index contributed by atoms with van der Waals surface area (Å²) in [5, 5.41) is 1.65. The van der Waals surface area contributed by atoms with Crippen molar-refractivity contribution in [2.24, 2.45) is 0 Å². The number of ketones is 2. The van der Waals surface area contributed by atoms with Crippen molar-refractivity contribution < 1.29 is 18.0 Å². The predicted octanol–water partition coefficient (Wildman–Crippen LogP) is 7.36. The third kappa shape index (κ3) is 5.78. The van der Waals surface area contributed by atoms with Crippen molar-refractivity contribution in [2.45, 2.75) is 31.1 Å². The van der Waals surface area contributed by atoms with Crippen LogP contribution in [-0.2, 0) is 16.4 Å². The molecule has 0 saturated heterocycles. The van der Waals surface area contributed by atoms with Crippen LogP contribution in [0, 0.1) is 0 Å². The Balaban J connectivity index is 1.60. The molecule has 36 heavy (non-hydrogen) atoms. The van der Waals surface area contributed by atoms with Gasteiger partial charge in [0.2, 0.25) is 0 Å². The Morgan fingerprint density at radius 1 is 0.806 bits per heavy atom. The van der Waals surface area contributed by atoms with Crippen LogP contribution < -0.4 is 4.72 Å². The highest BCUT2D eigenvalue weighted by Crippen LogP contribution is 2.30. The quantitative estimate of drug-likeness (QED) is 0.225. The van der Waals surface area contributed by atoms with Crippen molar-refractivity contribution in [3.8, 4) is 0 Å². The number of anilines is 1. The SMILES string of the molecule is CCC(=O)c1cccc(CCC(=O)c2cccc3c(NS(=O)(=O)c4cc(Cl)cc(Cl)c4)cccc23)c1. The smallest absolute Gasteiger partial charge is 0.262 e. The Labute approximate surface area is 220 Å². The van der Waals surface area contributed by atoms with Gasteiger partial charge in [0.05, 0.1) is 10.6 Å². The summed E-state index contributed by atoms with van der Waals surface area (Å²) in [4.78, 5) is 25.1. The van der Waals surface area contributed by atoms with Crippen LogP contribution in [0.4, 0.5) is 5.69 Å². The zero-order valence-electron chi connectivity index (χ0n) is 19.4. The molecule has 0 amide bonds. The highest BCUT2D eigenvalue weighted by atomic mass is 35.5. The van der Waals surface area contributed by atoms with Crippen LogP contribution >= 0.6 is 23.2 Å². The van der Waals surface area contributed by atoms with Gasteiger partial charge in [0.15, 0.2) is 11.6 Å². The second-order valence-electron chi connectivity index (χ2n) is 8.32. The number of benzene rings is 4. The van der Waals surface area contributed by atoms with E-state index in [4.69, 9.17) is 23.2 Å². The number of aryl methyl sites for hydroxylation is 1. The summed E-state index contributed by atoms with van der Waals surface area (Å²) in [7, 11) is -3.97. The van der Waals surface area contributed by atoms with Crippen molar-refractivity contribution in [2.75, 3.05) is 4.72 Å². The van der Waals surface area contributed by atoms with E-state index in [-0.39, 0.29) is 32.9 Å². The molecule has 0 aliphatic carbocycles. The van der Waals surface area contributed by atoms with Crippen LogP contribution in [0.2, 0.25) is 10.0 Å². The lowest BCUT2D eigenvalue weighted by molar-refractivity contribution is 0.0980. The molecule has 0 fully saturated rings. The first kappa shape index (κ1) is 25.9. The van der Waals surface area contributed by atoms with Gasteiger partial charge in [0.25, 0.3) is 10.0 Å². The lowest BCUT2D eigenvalue weighted by atomic mass is 9.96. The summed E-state index contributed by atoms with van der Waals surface area (Å²) >= 11 is 12.0. The fourth-order valence-electron chi connectivity index (χ4n) is 4.03. The summed E-state index contributed by atoms with van der Waals surface area (Å²) in [5.74, 6) is -0.0123. The molecule has 0 spiro atoms. The molecule has 8 heteroatoms. The summed E-state index contributed by atoms with van der Waals surface area (Å²) < 4.78 is 28.6. The van der Waals surface area contributed by atoms with E-state index in [1.165, 1.54) is 18.2 Å². The topological polar surface area (TPSA) is 80.3 Å². The van der Waals surface area contributed by atoms with Gasteiger partial charge in [-0.2, -0.15) is 0 Å². The van der Waals surface area contributed by atoms with E-state index in [0.717, 1.165) is 5.56 Å². The average Bonchev–Trinajstić information content (AvgIpc) is 2.86. The van der Waals surface area contributed by atoms with Crippen molar-refractivity contribution >= 4 is 61.3 Å². The number of sulfonamides is 1. The summed E-state index contributed by atoms with van der Waals surface area (Å²) in [5.41, 5.74) is 2.39. The number of halogens is 2. The predicted molar refractivity (Wildman–Crippen MR) is 145 cm³/mol. The minimum absolute atomic E-state index is 0.0620. The van der Waals surface area contributed by atoms with E-state index in [0.29, 0.717) is 40.4 Å². The van der Waals surface area contributed by atoms with E-state index in [1.54, 1.807) is 42.5 Å². The second kappa shape index (κ2) is 10.8. The largest absolute Gasteiger partial charge is 0.294 e. The number of nitrogens with one attached hydrogen (secondary N) is 1. The Bertz CT molecular complexity index is 1560. The minimum atomic E-state index is -3.97. The van der Waals surface area contributed by atoms with Gasteiger partial charge in [-0.25, -0.2) is 8.42 Å². The van der Waals surface area contributed by atoms with Gasteiger partial charge in [-0.05, 0) is 47.7 Å². The molecule has 0 bridgehead atoms. The summed E-state index contributed by atoms with van der Waals surface area (Å²) in [6.45, 7) is 1.82. The standard InChI is InChI=1S/C28H23Cl2NO4S/c1-2-27(32)19-7-3-6-18(14-19)12-13-28(33)25-10-4-9-24-23(25)8-5-11-26(24)31-36(34,35)22-16-20(29)15-21(30)17-22/h3-11,14-17,31H,2,12-13H2,1H3. The number of carbonyl (C=O) groups is 2. The van der Waals surface area contributed by atoms with Crippen molar-refractivity contribution in [1.82, 2.24) is 0 Å². The third-order valence-electron chi connectivity index (χ3n) is 5.82. The highest BCUT2D eigenvalue weighted by Gasteiger charge is 2.19. The molecule has 0 aliphatic rings. The molecule has 184 valence electrons. The zero-order chi connectivity index (χ0) is 25.9. The molecule has 0 unspecified atom stereocenters. The molecule has 0 heterocycles. The number of hydrogen-bond donors (Lipinski definition) is 1. The number of hydrogen-bond acceptors (Lipinski definition) is 4. The lowest BCUT2D eigenvalue weighted by Gasteiger charge is -2.13. The first-order valence-electron chi connectivity index (χ1n) is 11.3. The highest BCUT2D eigenvalue weighted by molar-refractivity contribution is 7.92. The number of fused-ring (bicyclic) bond motifs is 1. The van der Waals surface area contributed by atoms with Crippen molar-refractivity contribution in [1.29, 1.82) is 0 Å². The summed E-state index contributed by atoms with van der Waals surface area (Å²) in [6.07, 6.45) is 1.16. The van der Waals surface area contributed by atoms with E-state index in [1.807, 2.05) is 25.1 Å². The van der Waals surface area contributed by atoms with Crippen molar-refractivity contribution in [3.05, 3.63) is 106 Å². The molecule has 0 atom stereocenters. The molecule has 4 aromatic rings. The minimum Gasteiger partial charge on any atom is -0.294 e. The molecule has 4 aromatic carbocycles. The molecule has 1 N–H and O–H groups in total. The van der Waals surface area contributed by atoms with Gasteiger partial charge in [-0.3, -0.25) is 14.3 Å². The number of rotatable bonds is 9. The lowest BCUT2D eigenvalue weighted by Crippen LogP contribution is -2.13. The van der Waals surface area contributed by atoms with E-state index in [9.17, 15) is 18.0 Å². The van der Waals surface area contributed by atoms with Gasteiger partial charge in [-0.1, -0.05) is 78.7 Å². The average molecular weight is 540 g/mol. The van der Waals surface area contributed by atoms with Gasteiger partial charge < -0.3 is 0 Å². The monoisotopic (exact) mass is 539 g/mol. The molecule has 4 rings (SSSR count).